The molecule has 7 nitrogen and oxygen atoms in total. The van der Waals surface area contributed by atoms with Crippen molar-refractivity contribution in [2.75, 3.05) is 18.5 Å². The van der Waals surface area contributed by atoms with Crippen LogP contribution in [0.4, 0.5) is 5.13 Å². The second-order valence-corrected chi connectivity index (χ2v) is 4.39. The van der Waals surface area contributed by atoms with E-state index in [4.69, 9.17) is 4.74 Å². The maximum Gasteiger partial charge on any atom is 0.307 e. The van der Waals surface area contributed by atoms with E-state index in [1.165, 1.54) is 12.3 Å². The average molecular weight is 285 g/mol. The van der Waals surface area contributed by atoms with Crippen LogP contribution in [0, 0.1) is 0 Å². The van der Waals surface area contributed by atoms with E-state index >= 15 is 0 Å². The summed E-state index contributed by atoms with van der Waals surface area (Å²) >= 11 is 1.16. The lowest BCUT2D eigenvalue weighted by molar-refractivity contribution is -0.142. The van der Waals surface area contributed by atoms with E-state index in [0.717, 1.165) is 11.3 Å². The van der Waals surface area contributed by atoms with Crippen LogP contribution >= 0.6 is 11.3 Å². The molecular formula is C11H15N3O4S. The van der Waals surface area contributed by atoms with E-state index in [1.54, 1.807) is 6.92 Å². The van der Waals surface area contributed by atoms with E-state index in [0.29, 0.717) is 11.7 Å². The number of rotatable bonds is 6. The Morgan fingerprint density at radius 2 is 2.16 bits per heavy atom. The predicted octanol–water partition coefficient (Wildman–Crippen LogP) is 0.784. The molecule has 0 aliphatic heterocycles. The average Bonchev–Trinajstić information content (AvgIpc) is 2.77. The molecule has 0 spiro atoms. The maximum atomic E-state index is 11.7. The number of carbonyl (C=O) groups excluding carboxylic acids is 3. The molecule has 104 valence electrons. The fraction of sp³-hybridized carbons (Fsp3) is 0.455. The monoisotopic (exact) mass is 285 g/mol. The summed E-state index contributed by atoms with van der Waals surface area (Å²) in [6, 6.07) is 0. The number of anilines is 1. The molecule has 0 bridgehead atoms. The Morgan fingerprint density at radius 1 is 1.42 bits per heavy atom. The van der Waals surface area contributed by atoms with E-state index in [2.05, 4.69) is 15.6 Å². The highest BCUT2D eigenvalue weighted by atomic mass is 32.1. The van der Waals surface area contributed by atoms with Gasteiger partial charge in [0.1, 0.15) is 5.69 Å². The van der Waals surface area contributed by atoms with Crippen LogP contribution in [-0.2, 0) is 14.3 Å². The molecule has 0 aromatic carbocycles. The van der Waals surface area contributed by atoms with Crippen LogP contribution in [0.25, 0.3) is 0 Å². The zero-order valence-electron chi connectivity index (χ0n) is 10.7. The third kappa shape index (κ3) is 5.47. The highest BCUT2D eigenvalue weighted by Crippen LogP contribution is 2.14. The first kappa shape index (κ1) is 15.1. The van der Waals surface area contributed by atoms with Gasteiger partial charge in [-0.05, 0) is 6.92 Å². The number of amides is 2. The Balaban J connectivity index is 2.39. The highest BCUT2D eigenvalue weighted by molar-refractivity contribution is 7.14. The number of nitrogens with zero attached hydrogens (tertiary/aromatic N) is 1. The minimum absolute atomic E-state index is 0.113. The summed E-state index contributed by atoms with van der Waals surface area (Å²) in [6.45, 7) is 3.58. The zero-order valence-corrected chi connectivity index (χ0v) is 11.5. The van der Waals surface area contributed by atoms with Crippen LogP contribution in [0.5, 0.6) is 0 Å². The lowest BCUT2D eigenvalue weighted by atomic mass is 10.4. The Labute approximate surface area is 114 Å². The van der Waals surface area contributed by atoms with E-state index in [1.807, 2.05) is 0 Å². The predicted molar refractivity (Wildman–Crippen MR) is 70.0 cm³/mol. The Kier molecular flexibility index (Phi) is 5.94. The number of nitrogens with one attached hydrogen (secondary N) is 2. The first-order valence-corrected chi connectivity index (χ1v) is 6.57. The van der Waals surface area contributed by atoms with Gasteiger partial charge in [-0.25, -0.2) is 4.98 Å². The van der Waals surface area contributed by atoms with Gasteiger partial charge >= 0.3 is 5.97 Å². The number of hydrogen-bond acceptors (Lipinski definition) is 6. The molecule has 0 saturated heterocycles. The quantitative estimate of drug-likeness (QED) is 0.753. The Bertz CT molecular complexity index is 472. The second-order valence-electron chi connectivity index (χ2n) is 3.53. The Morgan fingerprint density at radius 3 is 2.79 bits per heavy atom. The molecule has 0 aliphatic carbocycles. The van der Waals surface area contributed by atoms with E-state index in [-0.39, 0.29) is 30.5 Å². The molecule has 19 heavy (non-hydrogen) atoms. The lowest BCUT2D eigenvalue weighted by Gasteiger charge is -2.03. The molecule has 0 aliphatic rings. The number of carbonyl (C=O) groups is 3. The topological polar surface area (TPSA) is 97.4 Å². The van der Waals surface area contributed by atoms with E-state index in [9.17, 15) is 14.4 Å². The summed E-state index contributed by atoms with van der Waals surface area (Å²) in [5, 5.41) is 6.93. The lowest BCUT2D eigenvalue weighted by Crippen LogP contribution is -2.26. The summed E-state index contributed by atoms with van der Waals surface area (Å²) in [7, 11) is 0. The zero-order chi connectivity index (χ0) is 14.3. The van der Waals surface area contributed by atoms with Gasteiger partial charge in [-0.1, -0.05) is 0 Å². The molecule has 0 saturated carbocycles. The molecule has 8 heteroatoms. The van der Waals surface area contributed by atoms with Crippen molar-refractivity contribution in [1.82, 2.24) is 10.3 Å². The van der Waals surface area contributed by atoms with Crippen molar-refractivity contribution in [3.8, 4) is 0 Å². The molecule has 1 aromatic rings. The van der Waals surface area contributed by atoms with Crippen LogP contribution in [0.3, 0.4) is 0 Å². The van der Waals surface area contributed by atoms with Gasteiger partial charge in [0, 0.05) is 18.8 Å². The number of thiazole rings is 1. The second kappa shape index (κ2) is 7.47. The molecule has 2 N–H and O–H groups in total. The highest BCUT2D eigenvalue weighted by Gasteiger charge is 2.11. The first-order valence-electron chi connectivity index (χ1n) is 5.70. The van der Waals surface area contributed by atoms with Crippen LogP contribution in [0.15, 0.2) is 5.38 Å². The summed E-state index contributed by atoms with van der Waals surface area (Å²) < 4.78 is 4.73. The largest absolute Gasteiger partial charge is 0.466 e. The third-order valence-electron chi connectivity index (χ3n) is 1.94. The van der Waals surface area contributed by atoms with Crippen LogP contribution in [0.2, 0.25) is 0 Å². The summed E-state index contributed by atoms with van der Waals surface area (Å²) in [5.74, 6) is -0.999. The molecular weight excluding hydrogens is 270 g/mol. The summed E-state index contributed by atoms with van der Waals surface area (Å²) in [4.78, 5) is 37.5. The minimum atomic E-state index is -0.392. The first-order chi connectivity index (χ1) is 9.02. The molecule has 1 heterocycles. The van der Waals surface area contributed by atoms with Crippen molar-refractivity contribution in [3.63, 3.8) is 0 Å². The van der Waals surface area contributed by atoms with Gasteiger partial charge in [0.05, 0.1) is 13.0 Å². The fourth-order valence-electron chi connectivity index (χ4n) is 1.19. The molecule has 2 amide bonds. The maximum absolute atomic E-state index is 11.7. The van der Waals surface area contributed by atoms with Gasteiger partial charge in [0.2, 0.25) is 5.91 Å². The van der Waals surface area contributed by atoms with Gasteiger partial charge in [0.15, 0.2) is 5.13 Å². The number of ether oxygens (including phenoxy) is 1. The molecule has 0 atom stereocenters. The molecule has 0 unspecified atom stereocenters. The Hall–Kier alpha value is -1.96. The number of aromatic nitrogens is 1. The van der Waals surface area contributed by atoms with Crippen molar-refractivity contribution >= 4 is 34.3 Å². The van der Waals surface area contributed by atoms with Crippen molar-refractivity contribution in [3.05, 3.63) is 11.1 Å². The molecule has 1 rings (SSSR count). The normalized spacial score (nSPS) is 9.79. The van der Waals surface area contributed by atoms with Gasteiger partial charge in [0.25, 0.3) is 5.91 Å². The van der Waals surface area contributed by atoms with E-state index < -0.39 is 5.91 Å². The standard InChI is InChI=1S/C11H15N3O4S/c1-3-18-9(16)4-5-12-10(17)8-6-19-11(14-8)13-7(2)15/h6H,3-5H2,1-2H3,(H,12,17)(H,13,14,15). The van der Waals surface area contributed by atoms with Gasteiger partial charge in [-0.2, -0.15) is 0 Å². The fourth-order valence-corrected chi connectivity index (χ4v) is 1.92. The molecule has 0 radical (unpaired) electrons. The van der Waals surface area contributed by atoms with Gasteiger partial charge in [-0.3, -0.25) is 14.4 Å². The van der Waals surface area contributed by atoms with Crippen LogP contribution in [-0.4, -0.2) is 35.9 Å². The number of hydrogen-bond donors (Lipinski definition) is 2. The van der Waals surface area contributed by atoms with Gasteiger partial charge < -0.3 is 15.4 Å². The SMILES string of the molecule is CCOC(=O)CCNC(=O)c1csc(NC(C)=O)n1. The molecule has 0 fully saturated rings. The van der Waals surface area contributed by atoms with Crippen molar-refractivity contribution in [2.45, 2.75) is 20.3 Å². The molecule has 1 aromatic heterocycles. The third-order valence-corrected chi connectivity index (χ3v) is 2.70. The van der Waals surface area contributed by atoms with Crippen molar-refractivity contribution in [1.29, 1.82) is 0 Å². The smallest absolute Gasteiger partial charge is 0.307 e. The van der Waals surface area contributed by atoms with Crippen LogP contribution < -0.4 is 10.6 Å². The van der Waals surface area contributed by atoms with Crippen molar-refractivity contribution in [2.24, 2.45) is 0 Å². The minimum Gasteiger partial charge on any atom is -0.466 e. The summed E-state index contributed by atoms with van der Waals surface area (Å²) in [5.41, 5.74) is 0.206. The number of esters is 1. The van der Waals surface area contributed by atoms with Crippen LogP contribution in [0.1, 0.15) is 30.8 Å². The summed E-state index contributed by atoms with van der Waals surface area (Å²) in [6.07, 6.45) is 0.113. The van der Waals surface area contributed by atoms with Gasteiger partial charge in [-0.15, -0.1) is 11.3 Å². The van der Waals surface area contributed by atoms with Crippen molar-refractivity contribution < 1.29 is 19.1 Å².